The molecule has 0 saturated heterocycles. The minimum Gasteiger partial charge on any atom is -0.462 e. The Hall–Kier alpha value is -0.420. The van der Waals surface area contributed by atoms with Crippen molar-refractivity contribution in [2.75, 3.05) is 25.5 Å². The number of anilines is 1. The predicted molar refractivity (Wildman–Crippen MR) is 129 cm³/mol. The Morgan fingerprint density at radius 1 is 1.00 bits per heavy atom. The Morgan fingerprint density at radius 3 is 2.04 bits per heavy atom. The van der Waals surface area contributed by atoms with Gasteiger partial charge in [0.1, 0.15) is 6.61 Å². The monoisotopic (exact) mass is 748 g/mol. The highest BCUT2D eigenvalue weighted by atomic mass is 127. The van der Waals surface area contributed by atoms with Crippen molar-refractivity contribution in [1.82, 2.24) is 5.32 Å². The van der Waals surface area contributed by atoms with E-state index in [0.717, 1.165) is 0 Å². The second kappa shape index (κ2) is 11.7. The molecule has 12 heteroatoms. The molecule has 0 aromatic heterocycles. The summed E-state index contributed by atoms with van der Waals surface area (Å²) >= 11 is 11.6. The molecule has 1 aromatic rings. The van der Waals surface area contributed by atoms with Gasteiger partial charge in [-0.3, -0.25) is 19.2 Å². The largest absolute Gasteiger partial charge is 0.462 e. The number of hydrogen-bond acceptors (Lipinski definition) is 7. The molecule has 0 spiro atoms. The van der Waals surface area contributed by atoms with Gasteiger partial charge in [-0.15, -0.1) is 0 Å². The van der Waals surface area contributed by atoms with Gasteiger partial charge in [-0.25, -0.2) is 0 Å². The third-order valence-electron chi connectivity index (χ3n) is 3.29. The van der Waals surface area contributed by atoms with Crippen LogP contribution in [0.5, 0.6) is 0 Å². The molecule has 1 unspecified atom stereocenters. The predicted octanol–water partition coefficient (Wildman–Crippen LogP) is 3.15. The van der Waals surface area contributed by atoms with Crippen LogP contribution < -0.4 is 10.6 Å². The molecule has 0 radical (unpaired) electrons. The summed E-state index contributed by atoms with van der Waals surface area (Å²) < 4.78 is 11.5. The van der Waals surface area contributed by atoms with Gasteiger partial charge in [-0.05, 0) is 79.4 Å². The van der Waals surface area contributed by atoms with Crippen molar-refractivity contribution < 1.29 is 28.7 Å². The first-order chi connectivity index (χ1) is 13.0. The third-order valence-corrected chi connectivity index (χ3v) is 6.71. The first-order valence-electron chi connectivity index (χ1n) is 7.68. The van der Waals surface area contributed by atoms with Crippen LogP contribution in [-0.4, -0.2) is 49.4 Å². The zero-order chi connectivity index (χ0) is 21.6. The number of ether oxygens (including phenoxy) is 2. The van der Waals surface area contributed by atoms with Crippen molar-refractivity contribution >= 4 is 108 Å². The zero-order valence-electron chi connectivity index (χ0n) is 15.0. The van der Waals surface area contributed by atoms with Gasteiger partial charge in [-0.1, -0.05) is 0 Å². The van der Waals surface area contributed by atoms with E-state index in [1.807, 2.05) is 67.8 Å². The molecule has 2 N–H and O–H groups in total. The second-order valence-electron chi connectivity index (χ2n) is 5.33. The van der Waals surface area contributed by atoms with Crippen LogP contribution in [-0.2, 0) is 19.1 Å². The fourth-order valence-corrected chi connectivity index (χ4v) is 7.32. The van der Waals surface area contributed by atoms with E-state index >= 15 is 0 Å². The second-order valence-corrected chi connectivity index (χ2v) is 8.91. The summed E-state index contributed by atoms with van der Waals surface area (Å²) in [6.07, 6.45) is -0.845. The molecule has 1 aromatic carbocycles. The van der Waals surface area contributed by atoms with Crippen LogP contribution in [0.3, 0.4) is 0 Å². The maximum Gasteiger partial charge on any atom is 0.303 e. The van der Waals surface area contributed by atoms with Gasteiger partial charge in [0.05, 0.1) is 30.5 Å². The quantitative estimate of drug-likeness (QED) is 0.239. The average molecular weight is 748 g/mol. The summed E-state index contributed by atoms with van der Waals surface area (Å²) in [5.74, 6) is -1.59. The number of hydrogen-bond donors (Lipinski definition) is 2. The zero-order valence-corrected chi connectivity index (χ0v) is 22.2. The number of carbonyl (C=O) groups excluding carboxylic acids is 4. The maximum atomic E-state index is 12.8. The molecule has 1 rings (SSSR count). The normalized spacial score (nSPS) is 11.4. The smallest absolute Gasteiger partial charge is 0.303 e. The summed E-state index contributed by atoms with van der Waals surface area (Å²) in [6.45, 7) is 2.17. The van der Waals surface area contributed by atoms with Crippen LogP contribution in [0.4, 0.5) is 5.69 Å². The van der Waals surface area contributed by atoms with Crippen LogP contribution >= 0.6 is 79.4 Å². The third kappa shape index (κ3) is 6.83. The topological polar surface area (TPSA) is 111 Å². The van der Waals surface area contributed by atoms with Gasteiger partial charge in [0.2, 0.25) is 0 Å². The van der Waals surface area contributed by atoms with Gasteiger partial charge < -0.3 is 20.1 Å². The Bertz CT molecular complexity index is 818. The van der Waals surface area contributed by atoms with Crippen LogP contribution in [0, 0.1) is 10.7 Å². The summed E-state index contributed by atoms with van der Waals surface area (Å²) in [6, 6.07) is 0. The number of halogens is 4. The van der Waals surface area contributed by atoms with Crippen LogP contribution in [0.25, 0.3) is 0 Å². The molecule has 0 aliphatic rings. The molecule has 1 amide bonds. The minimum atomic E-state index is -0.845. The lowest BCUT2D eigenvalue weighted by atomic mass is 10.1. The van der Waals surface area contributed by atoms with Crippen molar-refractivity contribution in [2.24, 2.45) is 0 Å². The highest BCUT2D eigenvalue weighted by molar-refractivity contribution is 14.1. The SMILES string of the molecule is CNc1c(I)c(C(=O)Cl)c(I)c(C(=O)NCC(COC(C)=O)OC(C)=O)c1I. The standard InChI is InChI=1S/C16H16ClI3N2O6/c1-6(23)27-5-8(28-7(2)24)4-22-16(26)10-11(18)9(15(17)25)12(19)14(21-3)13(10)20/h8,21H,4-5H2,1-3H3,(H,22,26). The van der Waals surface area contributed by atoms with Gasteiger partial charge in [0, 0.05) is 24.5 Å². The van der Waals surface area contributed by atoms with E-state index in [0.29, 0.717) is 16.4 Å². The molecular weight excluding hydrogens is 732 g/mol. The van der Waals surface area contributed by atoms with Crippen molar-refractivity contribution in [3.8, 4) is 0 Å². The summed E-state index contributed by atoms with van der Waals surface area (Å²) in [4.78, 5) is 46.9. The molecule has 0 saturated carbocycles. The van der Waals surface area contributed by atoms with E-state index in [1.165, 1.54) is 13.8 Å². The molecule has 8 nitrogen and oxygen atoms in total. The van der Waals surface area contributed by atoms with Gasteiger partial charge >= 0.3 is 11.9 Å². The van der Waals surface area contributed by atoms with Crippen molar-refractivity contribution in [3.63, 3.8) is 0 Å². The molecule has 0 bridgehead atoms. The lowest BCUT2D eigenvalue weighted by Gasteiger charge is -2.20. The number of rotatable bonds is 8. The van der Waals surface area contributed by atoms with E-state index < -0.39 is 29.2 Å². The van der Waals surface area contributed by atoms with Crippen LogP contribution in [0.1, 0.15) is 34.6 Å². The first-order valence-corrected chi connectivity index (χ1v) is 11.3. The molecule has 0 aliphatic heterocycles. The number of amides is 1. The summed E-state index contributed by atoms with van der Waals surface area (Å²) in [5.41, 5.74) is 1.10. The molecule has 0 aliphatic carbocycles. The van der Waals surface area contributed by atoms with E-state index in [4.69, 9.17) is 21.1 Å². The van der Waals surface area contributed by atoms with Crippen LogP contribution in [0.15, 0.2) is 0 Å². The Morgan fingerprint density at radius 2 is 1.57 bits per heavy atom. The molecular formula is C16H16ClI3N2O6. The summed E-state index contributed by atoms with van der Waals surface area (Å²) in [7, 11) is 1.67. The molecule has 0 heterocycles. The minimum absolute atomic E-state index is 0.0805. The lowest BCUT2D eigenvalue weighted by Crippen LogP contribution is -2.38. The van der Waals surface area contributed by atoms with E-state index in [9.17, 15) is 19.2 Å². The Kier molecular flexibility index (Phi) is 10.7. The molecule has 1 atom stereocenters. The van der Waals surface area contributed by atoms with E-state index in [1.54, 1.807) is 7.05 Å². The number of benzene rings is 1. The van der Waals surface area contributed by atoms with Crippen molar-refractivity contribution in [2.45, 2.75) is 20.0 Å². The Balaban J connectivity index is 3.17. The van der Waals surface area contributed by atoms with Crippen LogP contribution in [0.2, 0.25) is 0 Å². The number of carbonyl (C=O) groups is 4. The average Bonchev–Trinajstić information content (AvgIpc) is 2.56. The highest BCUT2D eigenvalue weighted by Crippen LogP contribution is 2.36. The van der Waals surface area contributed by atoms with Gasteiger partial charge in [0.25, 0.3) is 11.1 Å². The van der Waals surface area contributed by atoms with E-state index in [-0.39, 0.29) is 24.3 Å². The van der Waals surface area contributed by atoms with Gasteiger partial charge in [-0.2, -0.15) is 0 Å². The fraction of sp³-hybridized carbons (Fsp3) is 0.375. The highest BCUT2D eigenvalue weighted by Gasteiger charge is 2.27. The molecule has 154 valence electrons. The maximum absolute atomic E-state index is 12.8. The first kappa shape index (κ1) is 25.6. The molecule has 28 heavy (non-hydrogen) atoms. The van der Waals surface area contributed by atoms with E-state index in [2.05, 4.69) is 10.6 Å². The number of esters is 2. The molecule has 0 fully saturated rings. The van der Waals surface area contributed by atoms with Crippen molar-refractivity contribution in [3.05, 3.63) is 21.8 Å². The van der Waals surface area contributed by atoms with Gasteiger partial charge in [0.15, 0.2) is 6.10 Å². The van der Waals surface area contributed by atoms with Crippen molar-refractivity contribution in [1.29, 1.82) is 0 Å². The number of nitrogens with one attached hydrogen (secondary N) is 2. The summed E-state index contributed by atoms with van der Waals surface area (Å²) in [5, 5.41) is 4.94. The lowest BCUT2D eigenvalue weighted by molar-refractivity contribution is -0.155. The Labute approximate surface area is 207 Å². The fourth-order valence-electron chi connectivity index (χ4n) is 2.13.